The van der Waals surface area contributed by atoms with Crippen LogP contribution >= 0.6 is 0 Å². The lowest BCUT2D eigenvalue weighted by Gasteiger charge is -2.20. The van der Waals surface area contributed by atoms with Crippen molar-refractivity contribution in [1.29, 1.82) is 0 Å². The first-order valence-electron chi connectivity index (χ1n) is 5.50. The summed E-state index contributed by atoms with van der Waals surface area (Å²) in [6, 6.07) is 0. The summed E-state index contributed by atoms with van der Waals surface area (Å²) < 4.78 is 0. The van der Waals surface area contributed by atoms with Gasteiger partial charge in [0, 0.05) is 13.6 Å². The molecule has 0 bridgehead atoms. The molecule has 86 valence electrons. The minimum Gasteiger partial charge on any atom is -0.481 e. The molecule has 15 heavy (non-hydrogen) atoms. The summed E-state index contributed by atoms with van der Waals surface area (Å²) in [6.07, 6.45) is 1.62. The zero-order valence-corrected chi connectivity index (χ0v) is 9.73. The van der Waals surface area contributed by atoms with Crippen molar-refractivity contribution in [2.45, 2.75) is 26.7 Å². The van der Waals surface area contributed by atoms with Gasteiger partial charge in [-0.3, -0.25) is 9.79 Å². The molecule has 0 saturated carbocycles. The minimum absolute atomic E-state index is 0.417. The van der Waals surface area contributed by atoms with Crippen molar-refractivity contribution in [1.82, 2.24) is 4.90 Å². The number of carbonyl (C=O) groups is 1. The molecular formula is C11H20N2O2. The summed E-state index contributed by atoms with van der Waals surface area (Å²) in [5.74, 6) is 0.130. The fourth-order valence-corrected chi connectivity index (χ4v) is 1.79. The number of carboxylic acid groups (broad SMARTS) is 1. The van der Waals surface area contributed by atoms with Gasteiger partial charge in [0.25, 0.3) is 0 Å². The van der Waals surface area contributed by atoms with Crippen LogP contribution in [-0.2, 0) is 4.79 Å². The topological polar surface area (TPSA) is 52.9 Å². The van der Waals surface area contributed by atoms with Crippen molar-refractivity contribution in [2.24, 2.45) is 16.8 Å². The van der Waals surface area contributed by atoms with Crippen molar-refractivity contribution in [3.05, 3.63) is 0 Å². The molecular weight excluding hydrogens is 192 g/mol. The van der Waals surface area contributed by atoms with Crippen LogP contribution in [0.3, 0.4) is 0 Å². The number of amidine groups is 1. The highest BCUT2D eigenvalue weighted by atomic mass is 16.4. The molecule has 0 amide bonds. The number of rotatable bonds is 5. The van der Waals surface area contributed by atoms with Gasteiger partial charge in [-0.15, -0.1) is 0 Å². The first-order valence-corrected chi connectivity index (χ1v) is 5.50. The molecule has 1 N–H and O–H groups in total. The van der Waals surface area contributed by atoms with Crippen molar-refractivity contribution in [2.75, 3.05) is 20.1 Å². The minimum atomic E-state index is -0.747. The molecule has 1 unspecified atom stereocenters. The van der Waals surface area contributed by atoms with Gasteiger partial charge in [0.15, 0.2) is 0 Å². The third-order valence-electron chi connectivity index (χ3n) is 2.74. The summed E-state index contributed by atoms with van der Waals surface area (Å²) in [4.78, 5) is 17.4. The quantitative estimate of drug-likeness (QED) is 0.750. The Hall–Kier alpha value is -1.06. The molecule has 1 aliphatic rings. The van der Waals surface area contributed by atoms with Gasteiger partial charge in [-0.2, -0.15) is 0 Å². The Morgan fingerprint density at radius 2 is 2.20 bits per heavy atom. The monoisotopic (exact) mass is 212 g/mol. The Morgan fingerprint density at radius 1 is 1.53 bits per heavy atom. The molecule has 0 aromatic heterocycles. The van der Waals surface area contributed by atoms with Crippen molar-refractivity contribution < 1.29 is 9.90 Å². The fraction of sp³-hybridized carbons (Fsp3) is 0.818. The van der Waals surface area contributed by atoms with Crippen molar-refractivity contribution >= 4 is 11.8 Å². The maximum absolute atomic E-state index is 11.1. The Balaban J connectivity index is 2.62. The van der Waals surface area contributed by atoms with Crippen LogP contribution in [0.15, 0.2) is 4.99 Å². The lowest BCUT2D eigenvalue weighted by molar-refractivity contribution is -0.139. The highest BCUT2D eigenvalue weighted by molar-refractivity contribution is 6.00. The second-order valence-corrected chi connectivity index (χ2v) is 4.52. The van der Waals surface area contributed by atoms with E-state index in [0.717, 1.165) is 25.3 Å². The maximum atomic E-state index is 11.1. The maximum Gasteiger partial charge on any atom is 0.314 e. The van der Waals surface area contributed by atoms with E-state index in [4.69, 9.17) is 5.11 Å². The average molecular weight is 212 g/mol. The molecule has 4 nitrogen and oxygen atoms in total. The van der Waals surface area contributed by atoms with Crippen molar-refractivity contribution in [3.63, 3.8) is 0 Å². The van der Waals surface area contributed by atoms with Crippen LogP contribution in [0.2, 0.25) is 0 Å². The van der Waals surface area contributed by atoms with Gasteiger partial charge in [0.1, 0.15) is 11.8 Å². The number of nitrogens with zero attached hydrogens (tertiary/aromatic N) is 2. The largest absolute Gasteiger partial charge is 0.481 e. The van der Waals surface area contributed by atoms with Crippen LogP contribution in [0.1, 0.15) is 26.7 Å². The Bertz CT molecular complexity index is 261. The summed E-state index contributed by atoms with van der Waals surface area (Å²) >= 11 is 0. The van der Waals surface area contributed by atoms with E-state index in [1.807, 2.05) is 11.9 Å². The zero-order chi connectivity index (χ0) is 11.4. The molecule has 0 aromatic carbocycles. The molecule has 0 radical (unpaired) electrons. The first-order chi connectivity index (χ1) is 7.02. The van der Waals surface area contributed by atoms with E-state index in [1.165, 1.54) is 0 Å². The number of hydrogen-bond donors (Lipinski definition) is 1. The smallest absolute Gasteiger partial charge is 0.314 e. The predicted octanol–water partition coefficient (Wildman–Crippen LogP) is 1.47. The SMILES string of the molecule is CC(C)CCC(C(=O)O)C1=NCCN1C. The average Bonchev–Trinajstić information content (AvgIpc) is 2.51. The zero-order valence-electron chi connectivity index (χ0n) is 9.73. The van der Waals surface area contributed by atoms with Crippen LogP contribution in [-0.4, -0.2) is 41.9 Å². The fourth-order valence-electron chi connectivity index (χ4n) is 1.79. The molecule has 1 aliphatic heterocycles. The van der Waals surface area contributed by atoms with Gasteiger partial charge >= 0.3 is 5.97 Å². The van der Waals surface area contributed by atoms with Gasteiger partial charge in [-0.25, -0.2) is 0 Å². The van der Waals surface area contributed by atoms with Gasteiger partial charge in [-0.1, -0.05) is 13.8 Å². The lowest BCUT2D eigenvalue weighted by Crippen LogP contribution is -2.34. The number of aliphatic imine (C=N–C) groups is 1. The number of carboxylic acids is 1. The van der Waals surface area contributed by atoms with E-state index < -0.39 is 11.9 Å². The van der Waals surface area contributed by atoms with E-state index in [2.05, 4.69) is 18.8 Å². The molecule has 1 atom stereocenters. The molecule has 0 saturated heterocycles. The van der Waals surface area contributed by atoms with Gasteiger partial charge in [0.2, 0.25) is 0 Å². The number of aliphatic carboxylic acids is 1. The van der Waals surface area contributed by atoms with Crippen LogP contribution in [0.4, 0.5) is 0 Å². The van der Waals surface area contributed by atoms with E-state index in [0.29, 0.717) is 12.3 Å². The second-order valence-electron chi connectivity index (χ2n) is 4.52. The Morgan fingerprint density at radius 3 is 2.60 bits per heavy atom. The molecule has 1 heterocycles. The Labute approximate surface area is 91.0 Å². The van der Waals surface area contributed by atoms with E-state index >= 15 is 0 Å². The van der Waals surface area contributed by atoms with Gasteiger partial charge in [0.05, 0.1) is 6.54 Å². The molecule has 0 spiro atoms. The van der Waals surface area contributed by atoms with Gasteiger partial charge in [-0.05, 0) is 18.8 Å². The number of likely N-dealkylation sites (N-methyl/N-ethyl adjacent to an activating group) is 1. The van der Waals surface area contributed by atoms with Crippen molar-refractivity contribution in [3.8, 4) is 0 Å². The van der Waals surface area contributed by atoms with E-state index in [9.17, 15) is 4.79 Å². The molecule has 0 fully saturated rings. The van der Waals surface area contributed by atoms with Crippen LogP contribution < -0.4 is 0 Å². The molecule has 0 aliphatic carbocycles. The second kappa shape index (κ2) is 5.14. The highest BCUT2D eigenvalue weighted by Crippen LogP contribution is 2.18. The first kappa shape index (κ1) is 12.0. The van der Waals surface area contributed by atoms with Crippen LogP contribution in [0, 0.1) is 11.8 Å². The molecule has 0 aromatic rings. The predicted molar refractivity (Wildman–Crippen MR) is 60.1 cm³/mol. The molecule has 1 rings (SSSR count). The summed E-state index contributed by atoms with van der Waals surface area (Å²) in [7, 11) is 1.91. The van der Waals surface area contributed by atoms with Gasteiger partial charge < -0.3 is 10.0 Å². The lowest BCUT2D eigenvalue weighted by atomic mass is 9.96. The standard InChI is InChI=1S/C11H20N2O2/c1-8(2)4-5-9(11(14)15)10-12-6-7-13(10)3/h8-9H,4-7H2,1-3H3,(H,14,15). The Kier molecular flexibility index (Phi) is 4.12. The van der Waals surface area contributed by atoms with Crippen LogP contribution in [0.25, 0.3) is 0 Å². The summed E-state index contributed by atoms with van der Waals surface area (Å²) in [5, 5.41) is 9.16. The van der Waals surface area contributed by atoms with Crippen LogP contribution in [0.5, 0.6) is 0 Å². The molecule has 4 heteroatoms. The normalized spacial score (nSPS) is 18.1. The van der Waals surface area contributed by atoms with E-state index in [-0.39, 0.29) is 0 Å². The number of hydrogen-bond acceptors (Lipinski definition) is 3. The highest BCUT2D eigenvalue weighted by Gasteiger charge is 2.28. The third kappa shape index (κ3) is 3.22. The third-order valence-corrected chi connectivity index (χ3v) is 2.74. The van der Waals surface area contributed by atoms with E-state index in [1.54, 1.807) is 0 Å². The summed E-state index contributed by atoms with van der Waals surface area (Å²) in [6.45, 7) is 5.80. The summed E-state index contributed by atoms with van der Waals surface area (Å²) in [5.41, 5.74) is 0.